The molecule has 92 valence electrons. The van der Waals surface area contributed by atoms with Gasteiger partial charge in [0, 0.05) is 17.3 Å². The standard InChI is InChI=1S/C8H12NO6P.Na.H/c1-4-7(11)6(5(3-10)2-9-4)8(12)16(13,14)15;;/h2,8,10-12H,3H2,1H3,(H2,13,14,15);;/q;+1;-1. The molecule has 0 aromatic carbocycles. The molecule has 1 unspecified atom stereocenters. The summed E-state index contributed by atoms with van der Waals surface area (Å²) in [4.78, 5) is 21.3. The molecule has 1 aromatic rings. The van der Waals surface area contributed by atoms with Gasteiger partial charge in [0.15, 0.2) is 5.85 Å². The van der Waals surface area contributed by atoms with Gasteiger partial charge in [-0.25, -0.2) is 0 Å². The van der Waals surface area contributed by atoms with E-state index in [9.17, 15) is 14.8 Å². The zero-order chi connectivity index (χ0) is 12.5. The van der Waals surface area contributed by atoms with Crippen molar-refractivity contribution >= 4 is 7.60 Å². The van der Waals surface area contributed by atoms with Crippen molar-refractivity contribution in [3.05, 3.63) is 23.0 Å². The fourth-order valence-electron chi connectivity index (χ4n) is 1.23. The Hall–Kier alpha value is 0.0200. The van der Waals surface area contributed by atoms with Gasteiger partial charge in [-0.15, -0.1) is 0 Å². The first-order valence-electron chi connectivity index (χ1n) is 4.30. The zero-order valence-electron chi connectivity index (χ0n) is 10.4. The van der Waals surface area contributed by atoms with Gasteiger partial charge in [-0.05, 0) is 6.92 Å². The fraction of sp³-hybridized carbons (Fsp3) is 0.375. The van der Waals surface area contributed by atoms with E-state index in [2.05, 4.69) is 4.98 Å². The van der Waals surface area contributed by atoms with E-state index in [1.807, 2.05) is 0 Å². The molecule has 5 N–H and O–H groups in total. The van der Waals surface area contributed by atoms with Crippen LogP contribution in [0.25, 0.3) is 0 Å². The number of hydrogen-bond acceptors (Lipinski definition) is 5. The first-order valence-corrected chi connectivity index (χ1v) is 5.98. The van der Waals surface area contributed by atoms with Gasteiger partial charge in [0.2, 0.25) is 0 Å². The number of aliphatic hydroxyl groups excluding tert-OH is 2. The van der Waals surface area contributed by atoms with E-state index in [1.54, 1.807) is 0 Å². The molecule has 0 aliphatic rings. The molecule has 1 heterocycles. The molecule has 0 aliphatic carbocycles. The second-order valence-electron chi connectivity index (χ2n) is 3.25. The minimum atomic E-state index is -4.81. The van der Waals surface area contributed by atoms with Crippen LogP contribution in [0.1, 0.15) is 24.1 Å². The first-order chi connectivity index (χ1) is 7.29. The summed E-state index contributed by atoms with van der Waals surface area (Å²) >= 11 is 0. The number of rotatable bonds is 3. The monoisotopic (exact) mass is 273 g/mol. The van der Waals surface area contributed by atoms with E-state index in [0.717, 1.165) is 6.20 Å². The molecule has 9 heteroatoms. The van der Waals surface area contributed by atoms with Crippen molar-refractivity contribution in [2.24, 2.45) is 0 Å². The number of nitrogens with zero attached hydrogens (tertiary/aromatic N) is 1. The smallest absolute Gasteiger partial charge is 1.00 e. The van der Waals surface area contributed by atoms with Crippen LogP contribution in [0.15, 0.2) is 6.20 Å². The number of aliphatic hydroxyl groups is 2. The van der Waals surface area contributed by atoms with E-state index < -0.39 is 25.8 Å². The summed E-state index contributed by atoms with van der Waals surface area (Å²) in [7, 11) is -4.81. The predicted molar refractivity (Wildman–Crippen MR) is 54.7 cm³/mol. The Morgan fingerprint density at radius 2 is 2.06 bits per heavy atom. The number of hydrogen-bond donors (Lipinski definition) is 5. The van der Waals surface area contributed by atoms with Crippen LogP contribution in [-0.4, -0.2) is 30.1 Å². The number of aryl methyl sites for hydroxylation is 1. The average Bonchev–Trinajstić information content (AvgIpc) is 2.19. The molecular formula is C8H13NNaO6P. The van der Waals surface area contributed by atoms with Gasteiger partial charge >= 0.3 is 37.2 Å². The molecule has 1 aromatic heterocycles. The van der Waals surface area contributed by atoms with Gasteiger partial charge in [-0.3, -0.25) is 9.55 Å². The second-order valence-corrected chi connectivity index (χ2v) is 4.92. The minimum absolute atomic E-state index is 0. The van der Waals surface area contributed by atoms with Gasteiger partial charge in [0.1, 0.15) is 5.75 Å². The molecule has 0 aliphatic heterocycles. The van der Waals surface area contributed by atoms with Crippen LogP contribution in [-0.2, 0) is 11.2 Å². The molecule has 7 nitrogen and oxygen atoms in total. The van der Waals surface area contributed by atoms with Crippen LogP contribution < -0.4 is 29.6 Å². The molecule has 1 atom stereocenters. The Labute approximate surface area is 121 Å². The van der Waals surface area contributed by atoms with Gasteiger partial charge < -0.3 is 26.5 Å². The van der Waals surface area contributed by atoms with Gasteiger partial charge in [-0.2, -0.15) is 0 Å². The van der Waals surface area contributed by atoms with Crippen LogP contribution >= 0.6 is 7.60 Å². The summed E-state index contributed by atoms with van der Waals surface area (Å²) in [5.74, 6) is -2.70. The molecule has 1 rings (SSSR count). The topological polar surface area (TPSA) is 131 Å². The van der Waals surface area contributed by atoms with Crippen LogP contribution in [0.3, 0.4) is 0 Å². The van der Waals surface area contributed by atoms with Crippen LogP contribution in [0.2, 0.25) is 0 Å². The average molecular weight is 273 g/mol. The van der Waals surface area contributed by atoms with Gasteiger partial charge in [0.25, 0.3) is 0 Å². The molecule has 0 saturated heterocycles. The van der Waals surface area contributed by atoms with Crippen molar-refractivity contribution in [3.63, 3.8) is 0 Å². The quantitative estimate of drug-likeness (QED) is 0.291. The maximum absolute atomic E-state index is 10.9. The van der Waals surface area contributed by atoms with Crippen molar-refractivity contribution in [2.75, 3.05) is 0 Å². The third-order valence-corrected chi connectivity index (χ3v) is 3.00. The van der Waals surface area contributed by atoms with Crippen molar-refractivity contribution in [2.45, 2.75) is 19.4 Å². The largest absolute Gasteiger partial charge is 1.00 e. The van der Waals surface area contributed by atoms with Gasteiger partial charge in [-0.1, -0.05) is 0 Å². The van der Waals surface area contributed by atoms with Crippen molar-refractivity contribution in [1.82, 2.24) is 4.98 Å². The summed E-state index contributed by atoms with van der Waals surface area (Å²) in [5.41, 5.74) is -0.304. The number of aromatic hydroxyl groups is 1. The molecule has 0 radical (unpaired) electrons. The fourth-order valence-corrected chi connectivity index (χ4v) is 1.86. The molecule has 0 spiro atoms. The van der Waals surface area contributed by atoms with E-state index in [0.29, 0.717) is 0 Å². The summed E-state index contributed by atoms with van der Waals surface area (Å²) in [5, 5.41) is 27.9. The number of aromatic nitrogens is 1. The summed E-state index contributed by atoms with van der Waals surface area (Å²) < 4.78 is 10.9. The molecule has 0 bridgehead atoms. The Balaban J connectivity index is 0. The molecule has 0 fully saturated rings. The molecule has 0 amide bonds. The van der Waals surface area contributed by atoms with E-state index in [1.165, 1.54) is 6.92 Å². The zero-order valence-corrected chi connectivity index (χ0v) is 12.3. The maximum Gasteiger partial charge on any atom is 1.00 e. The predicted octanol–water partition coefficient (Wildman–Crippen LogP) is -3.13. The Kier molecular flexibility index (Phi) is 6.27. The third-order valence-electron chi connectivity index (χ3n) is 2.10. The molecule has 0 saturated carbocycles. The summed E-state index contributed by atoms with van der Waals surface area (Å²) in [6.07, 6.45) is 1.14. The number of pyridine rings is 1. The SMILES string of the molecule is Cc1ncc(CO)c(C(O)P(=O)(O)O)c1O.[H-].[Na+]. The van der Waals surface area contributed by atoms with Gasteiger partial charge in [0.05, 0.1) is 12.3 Å². The normalized spacial score (nSPS) is 13.0. The Morgan fingerprint density at radius 1 is 1.53 bits per heavy atom. The van der Waals surface area contributed by atoms with E-state index >= 15 is 0 Å². The molecule has 17 heavy (non-hydrogen) atoms. The van der Waals surface area contributed by atoms with Crippen molar-refractivity contribution < 1.29 is 60.7 Å². The van der Waals surface area contributed by atoms with Crippen LogP contribution in [0.5, 0.6) is 5.75 Å². The first kappa shape index (κ1) is 17.0. The van der Waals surface area contributed by atoms with Crippen molar-refractivity contribution in [1.29, 1.82) is 0 Å². The Morgan fingerprint density at radius 3 is 2.47 bits per heavy atom. The Bertz CT molecular complexity index is 453. The van der Waals surface area contributed by atoms with E-state index in [-0.39, 0.29) is 47.8 Å². The van der Waals surface area contributed by atoms with Crippen LogP contribution in [0, 0.1) is 6.92 Å². The van der Waals surface area contributed by atoms with Crippen molar-refractivity contribution in [3.8, 4) is 5.75 Å². The minimum Gasteiger partial charge on any atom is -1.00 e. The van der Waals surface area contributed by atoms with E-state index in [4.69, 9.17) is 14.9 Å². The summed E-state index contributed by atoms with van der Waals surface area (Å²) in [6.45, 7) is 0.819. The maximum atomic E-state index is 10.9. The van der Waals surface area contributed by atoms with Crippen LogP contribution in [0.4, 0.5) is 0 Å². The second kappa shape index (κ2) is 6.26. The summed E-state index contributed by atoms with van der Waals surface area (Å²) in [6, 6.07) is 0. The molecular weight excluding hydrogens is 260 g/mol. The third kappa shape index (κ3) is 3.74.